The van der Waals surface area contributed by atoms with Gasteiger partial charge in [0.2, 0.25) is 5.91 Å². The van der Waals surface area contributed by atoms with Gasteiger partial charge in [0.1, 0.15) is 0 Å². The molecule has 6 heteroatoms. The van der Waals surface area contributed by atoms with Crippen LogP contribution in [-0.4, -0.2) is 58.1 Å². The molecule has 0 spiro atoms. The molecular weight excluding hydrogens is 272 g/mol. The van der Waals surface area contributed by atoms with Gasteiger partial charge in [0.15, 0.2) is 0 Å². The lowest BCUT2D eigenvalue weighted by molar-refractivity contribution is -0.124. The summed E-state index contributed by atoms with van der Waals surface area (Å²) in [5.41, 5.74) is 4.82. The summed E-state index contributed by atoms with van der Waals surface area (Å²) in [6.07, 6.45) is 3.47. The predicted molar refractivity (Wildman–Crippen MR) is 83.3 cm³/mol. The second kappa shape index (κ2) is 13.0. The number of primary amides is 1. The van der Waals surface area contributed by atoms with Gasteiger partial charge >= 0.3 is 0 Å². The summed E-state index contributed by atoms with van der Waals surface area (Å²) in [7, 11) is 1.66. The molecule has 0 aliphatic carbocycles. The van der Waals surface area contributed by atoms with Crippen LogP contribution in [0.4, 0.5) is 0 Å². The van der Waals surface area contributed by atoms with Crippen molar-refractivity contribution in [1.29, 1.82) is 0 Å². The minimum absolute atomic E-state index is 0.293. The van der Waals surface area contributed by atoms with Gasteiger partial charge in [0.25, 0.3) is 0 Å². The summed E-state index contributed by atoms with van der Waals surface area (Å²) in [6, 6.07) is 0. The van der Waals surface area contributed by atoms with Crippen molar-refractivity contribution in [2.75, 3.05) is 46.7 Å². The van der Waals surface area contributed by atoms with Crippen LogP contribution in [0.1, 0.15) is 39.5 Å². The normalized spacial score (nSPS) is 14.0. The molecule has 0 radical (unpaired) electrons. The van der Waals surface area contributed by atoms with Crippen molar-refractivity contribution in [3.8, 4) is 0 Å². The highest BCUT2D eigenvalue weighted by Gasteiger charge is 2.28. The molecule has 0 bridgehead atoms. The molecular formula is C15H32N2O4. The van der Waals surface area contributed by atoms with Crippen LogP contribution in [0.15, 0.2) is 0 Å². The summed E-state index contributed by atoms with van der Waals surface area (Å²) >= 11 is 0. The van der Waals surface area contributed by atoms with Crippen LogP contribution in [0.3, 0.4) is 0 Å². The fourth-order valence-electron chi connectivity index (χ4n) is 1.98. The Morgan fingerprint density at radius 1 is 1.05 bits per heavy atom. The van der Waals surface area contributed by atoms with E-state index in [-0.39, 0.29) is 5.91 Å². The van der Waals surface area contributed by atoms with Gasteiger partial charge in [-0.25, -0.2) is 0 Å². The van der Waals surface area contributed by atoms with E-state index in [0.29, 0.717) is 33.0 Å². The van der Waals surface area contributed by atoms with E-state index in [0.717, 1.165) is 32.2 Å². The summed E-state index contributed by atoms with van der Waals surface area (Å²) in [5.74, 6) is -0.293. The molecule has 3 N–H and O–H groups in total. The average Bonchev–Trinajstić information content (AvgIpc) is 2.45. The van der Waals surface area contributed by atoms with E-state index in [1.165, 1.54) is 0 Å². The molecule has 0 saturated carbocycles. The highest BCUT2D eigenvalue weighted by atomic mass is 16.5. The number of unbranched alkanes of at least 4 members (excludes halogenated alkanes) is 1. The SMILES string of the molecule is CCNC(C)(CCCCOCCCOCCOC)C(N)=O. The number of nitrogens with one attached hydrogen (secondary N) is 1. The smallest absolute Gasteiger partial charge is 0.237 e. The molecule has 126 valence electrons. The molecule has 1 unspecified atom stereocenters. The lowest BCUT2D eigenvalue weighted by atomic mass is 9.94. The third-order valence-electron chi connectivity index (χ3n) is 3.34. The number of rotatable bonds is 15. The van der Waals surface area contributed by atoms with Gasteiger partial charge in [-0.3, -0.25) is 4.79 Å². The maximum absolute atomic E-state index is 11.4. The number of carbonyl (C=O) groups excluding carboxylic acids is 1. The topological polar surface area (TPSA) is 82.8 Å². The fraction of sp³-hybridized carbons (Fsp3) is 0.933. The molecule has 21 heavy (non-hydrogen) atoms. The average molecular weight is 304 g/mol. The second-order valence-electron chi connectivity index (χ2n) is 5.25. The van der Waals surface area contributed by atoms with Crippen LogP contribution in [0.2, 0.25) is 0 Å². The third-order valence-corrected chi connectivity index (χ3v) is 3.34. The number of amides is 1. The van der Waals surface area contributed by atoms with Crippen LogP contribution in [-0.2, 0) is 19.0 Å². The molecule has 0 aromatic rings. The Labute approximate surface area is 128 Å². The number of hydrogen-bond donors (Lipinski definition) is 2. The lowest BCUT2D eigenvalue weighted by Gasteiger charge is -2.26. The highest BCUT2D eigenvalue weighted by molar-refractivity contribution is 5.84. The molecule has 1 atom stereocenters. The van der Waals surface area contributed by atoms with Gasteiger partial charge in [0, 0.05) is 26.9 Å². The van der Waals surface area contributed by atoms with Crippen molar-refractivity contribution in [3.05, 3.63) is 0 Å². The molecule has 0 heterocycles. The van der Waals surface area contributed by atoms with E-state index < -0.39 is 5.54 Å². The van der Waals surface area contributed by atoms with Gasteiger partial charge in [-0.05, 0) is 39.2 Å². The van der Waals surface area contributed by atoms with Crippen molar-refractivity contribution in [2.45, 2.75) is 45.1 Å². The Balaban J connectivity index is 3.44. The molecule has 0 aromatic heterocycles. The van der Waals surface area contributed by atoms with Crippen LogP contribution in [0.25, 0.3) is 0 Å². The number of nitrogens with two attached hydrogens (primary N) is 1. The quantitative estimate of drug-likeness (QED) is 0.442. The lowest BCUT2D eigenvalue weighted by Crippen LogP contribution is -2.52. The van der Waals surface area contributed by atoms with Crippen LogP contribution >= 0.6 is 0 Å². The zero-order valence-electron chi connectivity index (χ0n) is 13.8. The Morgan fingerprint density at radius 3 is 2.24 bits per heavy atom. The summed E-state index contributed by atoms with van der Waals surface area (Å²) in [6.45, 7) is 7.93. The minimum atomic E-state index is -0.607. The van der Waals surface area contributed by atoms with Gasteiger partial charge in [-0.15, -0.1) is 0 Å². The first-order valence-corrected chi connectivity index (χ1v) is 7.76. The third kappa shape index (κ3) is 10.6. The first-order chi connectivity index (χ1) is 10.1. The number of hydrogen-bond acceptors (Lipinski definition) is 5. The number of likely N-dealkylation sites (N-methyl/N-ethyl adjacent to an activating group) is 1. The fourth-order valence-corrected chi connectivity index (χ4v) is 1.98. The number of ether oxygens (including phenoxy) is 3. The Kier molecular flexibility index (Phi) is 12.6. The van der Waals surface area contributed by atoms with Gasteiger partial charge < -0.3 is 25.3 Å². The van der Waals surface area contributed by atoms with Crippen molar-refractivity contribution >= 4 is 5.91 Å². The van der Waals surface area contributed by atoms with Crippen molar-refractivity contribution < 1.29 is 19.0 Å². The van der Waals surface area contributed by atoms with Crippen molar-refractivity contribution in [1.82, 2.24) is 5.32 Å². The summed E-state index contributed by atoms with van der Waals surface area (Å²) < 4.78 is 15.7. The van der Waals surface area contributed by atoms with E-state index >= 15 is 0 Å². The monoisotopic (exact) mass is 304 g/mol. The Hall–Kier alpha value is -0.690. The van der Waals surface area contributed by atoms with Gasteiger partial charge in [-0.2, -0.15) is 0 Å². The largest absolute Gasteiger partial charge is 0.382 e. The van der Waals surface area contributed by atoms with E-state index in [1.54, 1.807) is 7.11 Å². The minimum Gasteiger partial charge on any atom is -0.382 e. The standard InChI is InChI=1S/C15H32N2O4/c1-4-17-15(2,14(16)18)8-5-6-9-20-10-7-11-21-13-12-19-3/h17H,4-13H2,1-3H3,(H2,16,18). The Morgan fingerprint density at radius 2 is 1.67 bits per heavy atom. The first-order valence-electron chi connectivity index (χ1n) is 7.76. The van der Waals surface area contributed by atoms with Crippen LogP contribution in [0, 0.1) is 0 Å². The highest BCUT2D eigenvalue weighted by Crippen LogP contribution is 2.13. The van der Waals surface area contributed by atoms with E-state index in [4.69, 9.17) is 19.9 Å². The predicted octanol–water partition coefficient (Wildman–Crippen LogP) is 1.08. The first kappa shape index (κ1) is 20.3. The molecule has 0 saturated heterocycles. The second-order valence-corrected chi connectivity index (χ2v) is 5.25. The zero-order valence-corrected chi connectivity index (χ0v) is 13.8. The van der Waals surface area contributed by atoms with E-state index in [9.17, 15) is 4.79 Å². The molecule has 0 aromatic carbocycles. The van der Waals surface area contributed by atoms with Crippen molar-refractivity contribution in [2.24, 2.45) is 5.73 Å². The van der Waals surface area contributed by atoms with E-state index in [2.05, 4.69) is 5.32 Å². The van der Waals surface area contributed by atoms with E-state index in [1.807, 2.05) is 13.8 Å². The maximum atomic E-state index is 11.4. The number of carbonyl (C=O) groups is 1. The van der Waals surface area contributed by atoms with Crippen molar-refractivity contribution in [3.63, 3.8) is 0 Å². The molecule has 0 rings (SSSR count). The molecule has 0 aliphatic rings. The summed E-state index contributed by atoms with van der Waals surface area (Å²) in [5, 5.41) is 3.15. The Bertz CT molecular complexity index is 264. The molecule has 0 aliphatic heterocycles. The molecule has 6 nitrogen and oxygen atoms in total. The maximum Gasteiger partial charge on any atom is 0.237 e. The van der Waals surface area contributed by atoms with Crippen LogP contribution < -0.4 is 11.1 Å². The molecule has 0 fully saturated rings. The van der Waals surface area contributed by atoms with Crippen LogP contribution in [0.5, 0.6) is 0 Å². The number of methoxy groups -OCH3 is 1. The molecule has 1 amide bonds. The van der Waals surface area contributed by atoms with Gasteiger partial charge in [-0.1, -0.05) is 6.92 Å². The summed E-state index contributed by atoms with van der Waals surface area (Å²) in [4.78, 5) is 11.4. The van der Waals surface area contributed by atoms with Gasteiger partial charge in [0.05, 0.1) is 18.8 Å². The zero-order chi connectivity index (χ0) is 16.0.